The summed E-state index contributed by atoms with van der Waals surface area (Å²) in [5, 5.41) is 3.83. The molecule has 1 fully saturated rings. The molecule has 1 saturated carbocycles. The van der Waals surface area contributed by atoms with Gasteiger partial charge in [-0.1, -0.05) is 5.16 Å². The van der Waals surface area contributed by atoms with Crippen LogP contribution in [-0.2, 0) is 0 Å². The molecule has 1 heterocycles. The van der Waals surface area contributed by atoms with Gasteiger partial charge in [0.1, 0.15) is 11.3 Å². The molecule has 2 rings (SSSR count). The van der Waals surface area contributed by atoms with Crippen molar-refractivity contribution >= 4 is 5.91 Å². The van der Waals surface area contributed by atoms with Gasteiger partial charge in [-0.3, -0.25) is 4.79 Å². The lowest BCUT2D eigenvalue weighted by Gasteiger charge is -2.33. The molecule has 0 radical (unpaired) electrons. The van der Waals surface area contributed by atoms with E-state index in [0.29, 0.717) is 23.1 Å². The van der Waals surface area contributed by atoms with E-state index in [1.807, 2.05) is 11.9 Å². The molecule has 0 bridgehead atoms. The van der Waals surface area contributed by atoms with Crippen LogP contribution in [0.4, 0.5) is 0 Å². The Morgan fingerprint density at radius 2 is 1.94 bits per heavy atom. The summed E-state index contributed by atoms with van der Waals surface area (Å²) in [7, 11) is 1.86. The molecule has 0 atom stereocenters. The van der Waals surface area contributed by atoms with Gasteiger partial charge >= 0.3 is 0 Å². The Morgan fingerprint density at radius 1 is 1.33 bits per heavy atom. The van der Waals surface area contributed by atoms with Crippen LogP contribution in [0.15, 0.2) is 4.52 Å². The molecule has 0 unspecified atom stereocenters. The van der Waals surface area contributed by atoms with Gasteiger partial charge in [-0.25, -0.2) is 0 Å². The molecular formula is C13H21N3O2. The minimum Gasteiger partial charge on any atom is -0.361 e. The van der Waals surface area contributed by atoms with E-state index in [9.17, 15) is 4.79 Å². The van der Waals surface area contributed by atoms with E-state index in [0.717, 1.165) is 25.7 Å². The fraction of sp³-hybridized carbons (Fsp3) is 0.692. The number of hydrogen-bond acceptors (Lipinski definition) is 4. The molecular weight excluding hydrogens is 230 g/mol. The number of aryl methyl sites for hydroxylation is 2. The molecule has 1 aromatic heterocycles. The number of nitrogens with zero attached hydrogens (tertiary/aromatic N) is 2. The van der Waals surface area contributed by atoms with Crippen LogP contribution in [0.5, 0.6) is 0 Å². The summed E-state index contributed by atoms with van der Waals surface area (Å²) in [5.41, 5.74) is 7.16. The van der Waals surface area contributed by atoms with Gasteiger partial charge in [-0.15, -0.1) is 0 Å². The first-order chi connectivity index (χ1) is 8.50. The zero-order valence-corrected chi connectivity index (χ0v) is 11.3. The quantitative estimate of drug-likeness (QED) is 0.867. The van der Waals surface area contributed by atoms with E-state index in [1.54, 1.807) is 13.8 Å². The second-order valence-electron chi connectivity index (χ2n) is 5.18. The number of nitrogens with two attached hydrogens (primary N) is 1. The SMILES string of the molecule is Cc1noc(C)c1C(=O)N(C)C1CCC(N)CC1. The molecule has 1 amide bonds. The Labute approximate surface area is 107 Å². The first-order valence-electron chi connectivity index (χ1n) is 6.46. The predicted octanol–water partition coefficient (Wildman–Crippen LogP) is 1.63. The summed E-state index contributed by atoms with van der Waals surface area (Å²) in [4.78, 5) is 14.2. The highest BCUT2D eigenvalue weighted by atomic mass is 16.5. The minimum absolute atomic E-state index is 0.00622. The minimum atomic E-state index is 0.00622. The summed E-state index contributed by atoms with van der Waals surface area (Å²) in [6, 6.07) is 0.579. The van der Waals surface area contributed by atoms with E-state index in [1.165, 1.54) is 0 Å². The van der Waals surface area contributed by atoms with Crippen LogP contribution < -0.4 is 5.73 Å². The van der Waals surface area contributed by atoms with Crippen molar-refractivity contribution < 1.29 is 9.32 Å². The van der Waals surface area contributed by atoms with Crippen LogP contribution in [0.1, 0.15) is 47.5 Å². The first kappa shape index (κ1) is 13.1. The van der Waals surface area contributed by atoms with E-state index >= 15 is 0 Å². The van der Waals surface area contributed by atoms with Crippen molar-refractivity contribution in [2.45, 2.75) is 51.6 Å². The molecule has 18 heavy (non-hydrogen) atoms. The van der Waals surface area contributed by atoms with Crippen LogP contribution >= 0.6 is 0 Å². The highest BCUT2D eigenvalue weighted by molar-refractivity contribution is 5.96. The average Bonchev–Trinajstić information content (AvgIpc) is 2.68. The maximum Gasteiger partial charge on any atom is 0.259 e. The fourth-order valence-electron chi connectivity index (χ4n) is 2.62. The second kappa shape index (κ2) is 5.10. The zero-order valence-electron chi connectivity index (χ0n) is 11.3. The van der Waals surface area contributed by atoms with Gasteiger partial charge < -0.3 is 15.2 Å². The van der Waals surface area contributed by atoms with E-state index in [-0.39, 0.29) is 11.9 Å². The van der Waals surface area contributed by atoms with Crippen molar-refractivity contribution in [1.29, 1.82) is 0 Å². The van der Waals surface area contributed by atoms with Crippen molar-refractivity contribution in [3.05, 3.63) is 17.0 Å². The lowest BCUT2D eigenvalue weighted by molar-refractivity contribution is 0.0687. The lowest BCUT2D eigenvalue weighted by atomic mass is 9.90. The van der Waals surface area contributed by atoms with E-state index in [4.69, 9.17) is 10.3 Å². The van der Waals surface area contributed by atoms with Gasteiger partial charge in [0.2, 0.25) is 0 Å². The van der Waals surface area contributed by atoms with Crippen molar-refractivity contribution in [2.24, 2.45) is 5.73 Å². The molecule has 1 aromatic rings. The summed E-state index contributed by atoms with van der Waals surface area (Å²) in [5.74, 6) is 0.601. The average molecular weight is 251 g/mol. The van der Waals surface area contributed by atoms with Crippen LogP contribution in [0.3, 0.4) is 0 Å². The third-order valence-electron chi connectivity index (χ3n) is 3.86. The Morgan fingerprint density at radius 3 is 2.44 bits per heavy atom. The molecule has 1 aliphatic carbocycles. The van der Waals surface area contributed by atoms with Gasteiger partial charge in [-0.2, -0.15) is 0 Å². The van der Waals surface area contributed by atoms with Gasteiger partial charge in [0, 0.05) is 19.1 Å². The van der Waals surface area contributed by atoms with Crippen LogP contribution in [0.25, 0.3) is 0 Å². The molecule has 0 aliphatic heterocycles. The fourth-order valence-corrected chi connectivity index (χ4v) is 2.62. The van der Waals surface area contributed by atoms with Crippen LogP contribution in [0.2, 0.25) is 0 Å². The molecule has 2 N–H and O–H groups in total. The zero-order chi connectivity index (χ0) is 13.3. The maximum absolute atomic E-state index is 12.4. The molecule has 0 aromatic carbocycles. The number of carbonyl (C=O) groups is 1. The van der Waals surface area contributed by atoms with Crippen molar-refractivity contribution in [3.8, 4) is 0 Å². The second-order valence-corrected chi connectivity index (χ2v) is 5.18. The predicted molar refractivity (Wildman–Crippen MR) is 68.3 cm³/mol. The third kappa shape index (κ3) is 2.41. The Balaban J connectivity index is 2.09. The van der Waals surface area contributed by atoms with Gasteiger partial charge in [0.15, 0.2) is 0 Å². The molecule has 1 aliphatic rings. The summed E-state index contributed by atoms with van der Waals surface area (Å²) in [6.45, 7) is 3.58. The molecule has 5 nitrogen and oxygen atoms in total. The number of carbonyl (C=O) groups excluding carboxylic acids is 1. The third-order valence-corrected chi connectivity index (χ3v) is 3.86. The Bertz CT molecular complexity index is 414. The van der Waals surface area contributed by atoms with E-state index < -0.39 is 0 Å². The van der Waals surface area contributed by atoms with Crippen molar-refractivity contribution in [3.63, 3.8) is 0 Å². The normalized spacial score (nSPS) is 24.0. The molecule has 5 heteroatoms. The van der Waals surface area contributed by atoms with Crippen LogP contribution in [0, 0.1) is 13.8 Å². The molecule has 100 valence electrons. The standard InChI is InChI=1S/C13H21N3O2/c1-8-12(9(2)18-15-8)13(17)16(3)11-6-4-10(14)5-7-11/h10-11H,4-7,14H2,1-3H3. The van der Waals surface area contributed by atoms with Crippen molar-refractivity contribution in [2.75, 3.05) is 7.05 Å². The summed E-state index contributed by atoms with van der Waals surface area (Å²) < 4.78 is 5.05. The Kier molecular flexibility index (Phi) is 3.71. The van der Waals surface area contributed by atoms with Crippen molar-refractivity contribution in [1.82, 2.24) is 10.1 Å². The Hall–Kier alpha value is -1.36. The van der Waals surface area contributed by atoms with E-state index in [2.05, 4.69) is 5.16 Å². The van der Waals surface area contributed by atoms with Crippen LogP contribution in [-0.4, -0.2) is 35.1 Å². The molecule has 0 spiro atoms. The van der Waals surface area contributed by atoms with Gasteiger partial charge in [0.25, 0.3) is 5.91 Å². The summed E-state index contributed by atoms with van der Waals surface area (Å²) in [6.07, 6.45) is 3.94. The maximum atomic E-state index is 12.4. The molecule has 0 saturated heterocycles. The first-order valence-corrected chi connectivity index (χ1v) is 6.46. The number of amides is 1. The topological polar surface area (TPSA) is 72.4 Å². The van der Waals surface area contributed by atoms with Gasteiger partial charge in [-0.05, 0) is 39.5 Å². The highest BCUT2D eigenvalue weighted by Gasteiger charge is 2.28. The number of hydrogen-bond donors (Lipinski definition) is 1. The highest BCUT2D eigenvalue weighted by Crippen LogP contribution is 2.24. The van der Waals surface area contributed by atoms with Gasteiger partial charge in [0.05, 0.1) is 5.69 Å². The summed E-state index contributed by atoms with van der Waals surface area (Å²) >= 11 is 0. The smallest absolute Gasteiger partial charge is 0.259 e. The monoisotopic (exact) mass is 251 g/mol. The number of rotatable bonds is 2. The largest absolute Gasteiger partial charge is 0.361 e. The number of aromatic nitrogens is 1. The lowest BCUT2D eigenvalue weighted by Crippen LogP contribution is -2.42.